The average Bonchev–Trinajstić information content (AvgIpc) is 2.67. The number of non-ortho nitro benzene ring substituents is 2. The third kappa shape index (κ3) is 7.26. The van der Waals surface area contributed by atoms with Gasteiger partial charge in [-0.2, -0.15) is 0 Å². The Kier molecular flexibility index (Phi) is 8.23. The van der Waals surface area contributed by atoms with Gasteiger partial charge in [-0.25, -0.2) is 9.59 Å². The lowest BCUT2D eigenvalue weighted by molar-refractivity contribution is -0.394. The van der Waals surface area contributed by atoms with Gasteiger partial charge in [-0.1, -0.05) is 11.8 Å². The fourth-order valence-corrected chi connectivity index (χ4v) is 2.36. The van der Waals surface area contributed by atoms with E-state index in [4.69, 9.17) is 16.2 Å². The van der Waals surface area contributed by atoms with E-state index in [9.17, 15) is 29.8 Å². The highest BCUT2D eigenvalue weighted by Gasteiger charge is 2.19. The lowest BCUT2D eigenvalue weighted by atomic mass is 10.2. The molecule has 0 saturated carbocycles. The molecule has 0 atom stereocenters. The van der Waals surface area contributed by atoms with Crippen LogP contribution in [0.1, 0.15) is 20.7 Å². The van der Waals surface area contributed by atoms with Crippen molar-refractivity contribution >= 4 is 40.2 Å². The van der Waals surface area contributed by atoms with Crippen LogP contribution in [0.2, 0.25) is 0 Å². The lowest BCUT2D eigenvalue weighted by Crippen LogP contribution is -2.03. The van der Waals surface area contributed by atoms with E-state index in [1.165, 1.54) is 7.11 Å². The number of carboxylic acids is 1. The first-order valence-electron chi connectivity index (χ1n) is 7.42. The number of thioether (sulfide) groups is 1. The van der Waals surface area contributed by atoms with Gasteiger partial charge in [0.2, 0.25) is 0 Å². The van der Waals surface area contributed by atoms with Crippen molar-refractivity contribution in [1.29, 1.82) is 5.41 Å². The number of hydrogen-bond acceptors (Lipinski definition) is 9. The molecule has 2 aromatic carbocycles. The van der Waals surface area contributed by atoms with Crippen molar-refractivity contribution < 1.29 is 29.3 Å². The van der Waals surface area contributed by atoms with Crippen molar-refractivity contribution in [1.82, 2.24) is 0 Å². The second-order valence-corrected chi connectivity index (χ2v) is 6.16. The minimum Gasteiger partial charge on any atom is -0.478 e. The first kappa shape index (κ1) is 23.0. The largest absolute Gasteiger partial charge is 0.478 e. The number of nitrogens with zero attached hydrogens (tertiary/aromatic N) is 2. The highest BCUT2D eigenvalue weighted by molar-refractivity contribution is 8.13. The first-order chi connectivity index (χ1) is 13.5. The molecule has 12 nitrogen and oxygen atoms in total. The van der Waals surface area contributed by atoms with Gasteiger partial charge in [-0.15, -0.1) is 0 Å². The van der Waals surface area contributed by atoms with E-state index in [2.05, 4.69) is 4.74 Å². The molecule has 0 heterocycles. The Balaban J connectivity index is 0.000000291. The second kappa shape index (κ2) is 10.4. The molecule has 0 aliphatic carbocycles. The SMILES string of the molecule is COC(=O)c1ccc(SC(=N)N)cc1.O=C(O)c1cc([N+](=O)[O-])cc([N+](=O)[O-])c1. The Bertz CT molecular complexity index is 883. The van der Waals surface area contributed by atoms with Gasteiger partial charge in [0.25, 0.3) is 11.4 Å². The Morgan fingerprint density at radius 1 is 1.03 bits per heavy atom. The van der Waals surface area contributed by atoms with Crippen molar-refractivity contribution in [3.8, 4) is 0 Å². The number of nitro benzene ring substituents is 2. The van der Waals surface area contributed by atoms with Crippen molar-refractivity contribution in [3.63, 3.8) is 0 Å². The zero-order valence-electron chi connectivity index (χ0n) is 14.7. The maximum Gasteiger partial charge on any atom is 0.337 e. The fraction of sp³-hybridized carbons (Fsp3) is 0.0625. The van der Waals surface area contributed by atoms with Crippen LogP contribution in [0.25, 0.3) is 0 Å². The van der Waals surface area contributed by atoms with Crippen LogP contribution in [-0.4, -0.2) is 39.2 Å². The smallest absolute Gasteiger partial charge is 0.337 e. The average molecular weight is 422 g/mol. The summed E-state index contributed by atoms with van der Waals surface area (Å²) in [6, 6.07) is 8.93. The number of rotatable bonds is 5. The molecule has 13 heteroatoms. The van der Waals surface area contributed by atoms with E-state index >= 15 is 0 Å². The molecule has 4 N–H and O–H groups in total. The highest BCUT2D eigenvalue weighted by atomic mass is 32.2. The van der Waals surface area contributed by atoms with Crippen LogP contribution in [0, 0.1) is 25.6 Å². The Morgan fingerprint density at radius 2 is 1.52 bits per heavy atom. The third-order valence-corrected chi connectivity index (χ3v) is 3.80. The molecule has 0 bridgehead atoms. The number of methoxy groups -OCH3 is 1. The number of aromatic carboxylic acids is 1. The fourth-order valence-electron chi connectivity index (χ4n) is 1.83. The highest BCUT2D eigenvalue weighted by Crippen LogP contribution is 2.22. The van der Waals surface area contributed by atoms with Gasteiger partial charge < -0.3 is 15.6 Å². The Labute approximate surface area is 167 Å². The van der Waals surface area contributed by atoms with E-state index < -0.39 is 32.8 Å². The third-order valence-electron chi connectivity index (χ3n) is 3.07. The number of ether oxygens (including phenoxy) is 1. The summed E-state index contributed by atoms with van der Waals surface area (Å²) >= 11 is 1.14. The lowest BCUT2D eigenvalue weighted by Gasteiger charge is -2.01. The molecule has 0 spiro atoms. The number of nitro groups is 2. The number of hydrogen-bond donors (Lipinski definition) is 3. The Hall–Kier alpha value is -4.00. The molecule has 0 aromatic heterocycles. The van der Waals surface area contributed by atoms with Gasteiger partial charge in [0, 0.05) is 17.0 Å². The quantitative estimate of drug-likeness (QED) is 0.161. The molecule has 0 aliphatic rings. The molecule has 0 amide bonds. The summed E-state index contributed by atoms with van der Waals surface area (Å²) in [6.07, 6.45) is 0. The van der Waals surface area contributed by atoms with Crippen LogP contribution in [0.15, 0.2) is 47.4 Å². The number of nitrogens with two attached hydrogens (primary N) is 1. The first-order valence-corrected chi connectivity index (χ1v) is 8.24. The number of carbonyl (C=O) groups excluding carboxylic acids is 1. The minimum absolute atomic E-state index is 0.0239. The van der Waals surface area contributed by atoms with Crippen molar-refractivity contribution in [3.05, 3.63) is 73.8 Å². The topological polar surface area (TPSA) is 200 Å². The van der Waals surface area contributed by atoms with Crippen LogP contribution >= 0.6 is 11.8 Å². The van der Waals surface area contributed by atoms with Crippen molar-refractivity contribution in [2.45, 2.75) is 4.90 Å². The molecule has 2 aromatic rings. The zero-order valence-corrected chi connectivity index (χ0v) is 15.5. The van der Waals surface area contributed by atoms with Gasteiger partial charge in [0.1, 0.15) is 0 Å². The van der Waals surface area contributed by atoms with Gasteiger partial charge in [-0.05, 0) is 24.3 Å². The molecule has 2 rings (SSSR count). The predicted octanol–water partition coefficient (Wildman–Crippen LogP) is 2.66. The predicted molar refractivity (Wildman–Crippen MR) is 102 cm³/mol. The van der Waals surface area contributed by atoms with Crippen LogP contribution in [0.4, 0.5) is 11.4 Å². The van der Waals surface area contributed by atoms with Gasteiger partial charge in [0.15, 0.2) is 5.17 Å². The minimum atomic E-state index is -1.46. The van der Waals surface area contributed by atoms with Crippen LogP contribution in [-0.2, 0) is 4.74 Å². The molecular weight excluding hydrogens is 408 g/mol. The molecule has 0 saturated heterocycles. The summed E-state index contributed by atoms with van der Waals surface area (Å²) in [4.78, 5) is 41.3. The van der Waals surface area contributed by atoms with E-state index in [1.54, 1.807) is 24.3 Å². The van der Waals surface area contributed by atoms with Crippen LogP contribution in [0.5, 0.6) is 0 Å². The van der Waals surface area contributed by atoms with Crippen LogP contribution in [0.3, 0.4) is 0 Å². The normalized spacial score (nSPS) is 9.55. The molecule has 152 valence electrons. The van der Waals surface area contributed by atoms with E-state index in [0.29, 0.717) is 11.6 Å². The number of benzene rings is 2. The maximum atomic E-state index is 11.1. The number of nitrogens with one attached hydrogen (secondary N) is 1. The molecule has 29 heavy (non-hydrogen) atoms. The number of amidine groups is 1. The zero-order chi connectivity index (χ0) is 22.1. The summed E-state index contributed by atoms with van der Waals surface area (Å²) in [7, 11) is 1.33. The monoisotopic (exact) mass is 422 g/mol. The van der Waals surface area contributed by atoms with Crippen LogP contribution < -0.4 is 5.73 Å². The molecular formula is C16H14N4O8S. The standard InChI is InChI=1S/C9H10N2O2S.C7H4N2O6/c1-13-8(12)6-2-4-7(5-3-6)14-9(10)11;10-7(11)4-1-5(8(12)13)3-6(2-4)9(14)15/h2-5H,1H3,(H3,10,11);1-3H,(H,10,11). The number of carbonyl (C=O) groups is 2. The van der Waals surface area contributed by atoms with Crippen molar-refractivity contribution in [2.24, 2.45) is 5.73 Å². The number of esters is 1. The molecule has 0 radical (unpaired) electrons. The Morgan fingerprint density at radius 3 is 1.86 bits per heavy atom. The molecule has 0 aliphatic heterocycles. The second-order valence-electron chi connectivity index (χ2n) is 5.04. The van der Waals surface area contributed by atoms with E-state index in [0.717, 1.165) is 28.8 Å². The van der Waals surface area contributed by atoms with Gasteiger partial charge in [0.05, 0.1) is 34.1 Å². The summed E-state index contributed by atoms with van der Waals surface area (Å²) in [5.74, 6) is -1.83. The summed E-state index contributed by atoms with van der Waals surface area (Å²) in [6.45, 7) is 0. The molecule has 0 unspecified atom stereocenters. The van der Waals surface area contributed by atoms with Gasteiger partial charge >= 0.3 is 11.9 Å². The number of carboxylic acid groups (broad SMARTS) is 1. The summed E-state index contributed by atoms with van der Waals surface area (Å²) < 4.78 is 4.54. The summed E-state index contributed by atoms with van der Waals surface area (Å²) in [5.41, 5.74) is 3.95. The van der Waals surface area contributed by atoms with Gasteiger partial charge in [-0.3, -0.25) is 25.6 Å². The van der Waals surface area contributed by atoms with E-state index in [-0.39, 0.29) is 11.1 Å². The molecule has 0 fully saturated rings. The van der Waals surface area contributed by atoms with Crippen molar-refractivity contribution in [2.75, 3.05) is 7.11 Å². The maximum absolute atomic E-state index is 11.1. The van der Waals surface area contributed by atoms with E-state index in [1.807, 2.05) is 0 Å². The summed E-state index contributed by atoms with van der Waals surface area (Å²) in [5, 5.41) is 36.3.